The molecule has 0 aliphatic carbocycles. The van der Waals surface area contributed by atoms with E-state index >= 15 is 0 Å². The zero-order valence-corrected chi connectivity index (χ0v) is 9.82. The number of aromatic nitrogens is 1. The van der Waals surface area contributed by atoms with E-state index in [0.29, 0.717) is 13.0 Å². The third-order valence-corrected chi connectivity index (χ3v) is 2.21. The highest BCUT2D eigenvalue weighted by Gasteiger charge is 2.04. The van der Waals surface area contributed by atoms with Crippen molar-refractivity contribution in [3.63, 3.8) is 0 Å². The van der Waals surface area contributed by atoms with Crippen LogP contribution in [0.2, 0.25) is 0 Å². The van der Waals surface area contributed by atoms with Crippen LogP contribution in [0.3, 0.4) is 0 Å². The predicted molar refractivity (Wildman–Crippen MR) is 60.6 cm³/mol. The van der Waals surface area contributed by atoms with Gasteiger partial charge in [-0.05, 0) is 26.7 Å². The summed E-state index contributed by atoms with van der Waals surface area (Å²) in [6.45, 7) is 4.19. The minimum Gasteiger partial charge on any atom is -0.361 e. The van der Waals surface area contributed by atoms with Crippen LogP contribution < -0.4 is 11.1 Å². The minimum absolute atomic E-state index is 0.0290. The number of nitrogens with one attached hydrogen (secondary N) is 1. The van der Waals surface area contributed by atoms with Gasteiger partial charge in [0.2, 0.25) is 5.91 Å². The van der Waals surface area contributed by atoms with Gasteiger partial charge in [0, 0.05) is 18.5 Å². The summed E-state index contributed by atoms with van der Waals surface area (Å²) in [4.78, 5) is 11.4. The molecule has 0 spiro atoms. The van der Waals surface area contributed by atoms with Gasteiger partial charge in [-0.1, -0.05) is 5.16 Å². The molecule has 0 bridgehead atoms. The zero-order valence-electron chi connectivity index (χ0n) is 9.82. The summed E-state index contributed by atoms with van der Waals surface area (Å²) in [5.74, 6) is 0.780. The normalized spacial score (nSPS) is 12.4. The standard InChI is InChI=1S/C11H19N3O2/c1-8(12)4-3-5-11(15)13-7-10-6-9(2)16-14-10/h6,8H,3-5,7,12H2,1-2H3,(H,13,15). The van der Waals surface area contributed by atoms with Gasteiger partial charge in [0.15, 0.2) is 0 Å². The highest BCUT2D eigenvalue weighted by atomic mass is 16.5. The van der Waals surface area contributed by atoms with E-state index in [1.807, 2.05) is 19.9 Å². The van der Waals surface area contributed by atoms with E-state index in [1.54, 1.807) is 0 Å². The summed E-state index contributed by atoms with van der Waals surface area (Å²) in [6, 6.07) is 1.97. The monoisotopic (exact) mass is 225 g/mol. The fourth-order valence-electron chi connectivity index (χ4n) is 1.36. The van der Waals surface area contributed by atoms with E-state index in [2.05, 4.69) is 10.5 Å². The predicted octanol–water partition coefficient (Wildman–Crippen LogP) is 1.12. The molecule has 1 atom stereocenters. The van der Waals surface area contributed by atoms with Gasteiger partial charge in [0.25, 0.3) is 0 Å². The quantitative estimate of drug-likeness (QED) is 0.760. The topological polar surface area (TPSA) is 81.2 Å². The maximum Gasteiger partial charge on any atom is 0.220 e. The Hall–Kier alpha value is -1.36. The molecule has 16 heavy (non-hydrogen) atoms. The fraction of sp³-hybridized carbons (Fsp3) is 0.636. The Bertz CT molecular complexity index is 334. The number of nitrogens with zero attached hydrogens (tertiary/aromatic N) is 1. The molecule has 0 saturated carbocycles. The molecule has 1 heterocycles. The van der Waals surface area contributed by atoms with Crippen molar-refractivity contribution in [2.45, 2.75) is 45.7 Å². The average Bonchev–Trinajstić information content (AvgIpc) is 2.61. The lowest BCUT2D eigenvalue weighted by Crippen LogP contribution is -2.23. The first kappa shape index (κ1) is 12.7. The molecule has 1 amide bonds. The van der Waals surface area contributed by atoms with Gasteiger partial charge in [0.1, 0.15) is 11.5 Å². The van der Waals surface area contributed by atoms with Crippen LogP contribution in [0.4, 0.5) is 0 Å². The summed E-state index contributed by atoms with van der Waals surface area (Å²) in [6.07, 6.45) is 2.20. The fourth-order valence-corrected chi connectivity index (χ4v) is 1.36. The molecule has 0 aromatic carbocycles. The minimum atomic E-state index is 0.0290. The third-order valence-electron chi connectivity index (χ3n) is 2.21. The van der Waals surface area contributed by atoms with Gasteiger partial charge in [-0.25, -0.2) is 0 Å². The molecule has 0 aliphatic heterocycles. The summed E-state index contributed by atoms with van der Waals surface area (Å²) in [5, 5.41) is 6.57. The van der Waals surface area contributed by atoms with E-state index in [-0.39, 0.29) is 11.9 Å². The number of hydrogen-bond acceptors (Lipinski definition) is 4. The Kier molecular flexibility index (Phi) is 4.98. The maximum absolute atomic E-state index is 11.4. The molecular weight excluding hydrogens is 206 g/mol. The Balaban J connectivity index is 2.15. The van der Waals surface area contributed by atoms with Crippen LogP contribution in [-0.2, 0) is 11.3 Å². The second-order valence-electron chi connectivity index (χ2n) is 4.08. The van der Waals surface area contributed by atoms with Gasteiger partial charge in [0.05, 0.1) is 6.54 Å². The van der Waals surface area contributed by atoms with Gasteiger partial charge in [-0.3, -0.25) is 4.79 Å². The number of aryl methyl sites for hydroxylation is 1. The highest BCUT2D eigenvalue weighted by molar-refractivity contribution is 5.75. The number of amides is 1. The zero-order chi connectivity index (χ0) is 12.0. The van der Waals surface area contributed by atoms with Crippen molar-refractivity contribution in [3.8, 4) is 0 Å². The molecule has 0 aliphatic rings. The molecule has 1 aromatic rings. The lowest BCUT2D eigenvalue weighted by atomic mass is 10.1. The smallest absolute Gasteiger partial charge is 0.220 e. The largest absolute Gasteiger partial charge is 0.361 e. The number of hydrogen-bond donors (Lipinski definition) is 2. The molecule has 5 heteroatoms. The van der Waals surface area contributed by atoms with Crippen LogP contribution in [0.15, 0.2) is 10.6 Å². The van der Waals surface area contributed by atoms with Crippen LogP contribution in [-0.4, -0.2) is 17.1 Å². The van der Waals surface area contributed by atoms with E-state index in [0.717, 1.165) is 24.3 Å². The molecule has 1 aromatic heterocycles. The van der Waals surface area contributed by atoms with Crippen molar-refractivity contribution < 1.29 is 9.32 Å². The van der Waals surface area contributed by atoms with E-state index in [1.165, 1.54) is 0 Å². The van der Waals surface area contributed by atoms with Gasteiger partial charge >= 0.3 is 0 Å². The summed E-state index contributed by atoms with van der Waals surface area (Å²) in [5.41, 5.74) is 6.34. The molecule has 90 valence electrons. The van der Waals surface area contributed by atoms with Crippen molar-refractivity contribution in [2.75, 3.05) is 0 Å². The SMILES string of the molecule is Cc1cc(CNC(=O)CCCC(C)N)no1. The average molecular weight is 225 g/mol. The number of rotatable bonds is 6. The van der Waals surface area contributed by atoms with Crippen LogP contribution in [0.1, 0.15) is 37.6 Å². The van der Waals surface area contributed by atoms with Crippen molar-refractivity contribution in [1.82, 2.24) is 10.5 Å². The lowest BCUT2D eigenvalue weighted by molar-refractivity contribution is -0.121. The maximum atomic E-state index is 11.4. The Morgan fingerprint density at radius 3 is 3.00 bits per heavy atom. The summed E-state index contributed by atoms with van der Waals surface area (Å²) in [7, 11) is 0. The molecule has 5 nitrogen and oxygen atoms in total. The molecule has 1 unspecified atom stereocenters. The van der Waals surface area contributed by atoms with Gasteiger partial charge < -0.3 is 15.6 Å². The van der Waals surface area contributed by atoms with Crippen LogP contribution in [0.25, 0.3) is 0 Å². The Morgan fingerprint density at radius 1 is 1.69 bits per heavy atom. The second-order valence-corrected chi connectivity index (χ2v) is 4.08. The molecule has 1 rings (SSSR count). The molecule has 0 saturated heterocycles. The van der Waals surface area contributed by atoms with Crippen LogP contribution in [0, 0.1) is 6.92 Å². The van der Waals surface area contributed by atoms with Crippen LogP contribution in [0.5, 0.6) is 0 Å². The van der Waals surface area contributed by atoms with E-state index < -0.39 is 0 Å². The first-order valence-electron chi connectivity index (χ1n) is 5.52. The van der Waals surface area contributed by atoms with E-state index in [9.17, 15) is 4.79 Å². The third kappa shape index (κ3) is 4.93. The first-order chi connectivity index (χ1) is 7.58. The van der Waals surface area contributed by atoms with Gasteiger partial charge in [-0.2, -0.15) is 0 Å². The number of carbonyl (C=O) groups is 1. The lowest BCUT2D eigenvalue weighted by Gasteiger charge is -2.04. The summed E-state index contributed by atoms with van der Waals surface area (Å²) >= 11 is 0. The molecule has 3 N–H and O–H groups in total. The van der Waals surface area contributed by atoms with Crippen molar-refractivity contribution in [3.05, 3.63) is 17.5 Å². The number of nitrogens with two attached hydrogens (primary N) is 1. The van der Waals surface area contributed by atoms with Gasteiger partial charge in [-0.15, -0.1) is 0 Å². The van der Waals surface area contributed by atoms with Crippen LogP contribution >= 0.6 is 0 Å². The number of carbonyl (C=O) groups excluding carboxylic acids is 1. The van der Waals surface area contributed by atoms with Crippen molar-refractivity contribution >= 4 is 5.91 Å². The molecular formula is C11H19N3O2. The van der Waals surface area contributed by atoms with Crippen molar-refractivity contribution in [2.24, 2.45) is 5.73 Å². The summed E-state index contributed by atoms with van der Waals surface area (Å²) < 4.78 is 4.89. The Labute approximate surface area is 95.4 Å². The second kappa shape index (κ2) is 6.27. The molecule has 0 fully saturated rings. The van der Waals surface area contributed by atoms with E-state index in [4.69, 9.17) is 10.3 Å². The highest BCUT2D eigenvalue weighted by Crippen LogP contribution is 2.02. The van der Waals surface area contributed by atoms with Crippen molar-refractivity contribution in [1.29, 1.82) is 0 Å². The first-order valence-corrected chi connectivity index (χ1v) is 5.52. The molecule has 0 radical (unpaired) electrons. The Morgan fingerprint density at radius 2 is 2.44 bits per heavy atom.